The first kappa shape index (κ1) is 8.90. The lowest BCUT2D eigenvalue weighted by atomic mass is 10.1. The molecule has 2 aromatic rings. The van der Waals surface area contributed by atoms with Gasteiger partial charge in [0.15, 0.2) is 0 Å². The monoisotopic (exact) mass is 190 g/mol. The molecule has 1 N–H and O–H groups in total. The maximum absolute atomic E-state index is 9.21. The second-order valence-electron chi connectivity index (χ2n) is 3.03. The zero-order chi connectivity index (χ0) is 9.97. The van der Waals surface area contributed by atoms with Gasteiger partial charge in [-0.15, -0.1) is 0 Å². The molecule has 4 nitrogen and oxygen atoms in total. The lowest BCUT2D eigenvalue weighted by Crippen LogP contribution is -1.95. The molecule has 0 unspecified atom stereocenters. The van der Waals surface area contributed by atoms with E-state index in [1.165, 1.54) is 6.26 Å². The van der Waals surface area contributed by atoms with Gasteiger partial charge >= 0.3 is 0 Å². The van der Waals surface area contributed by atoms with Crippen LogP contribution in [0.4, 0.5) is 0 Å². The third-order valence-electron chi connectivity index (χ3n) is 2.15. The Kier molecular flexibility index (Phi) is 2.28. The minimum atomic E-state index is -0.0276. The Morgan fingerprint density at radius 1 is 1.50 bits per heavy atom. The molecule has 0 bridgehead atoms. The number of hydrogen-bond acceptors (Lipinski definition) is 4. The summed E-state index contributed by atoms with van der Waals surface area (Å²) in [5.74, 6) is 0. The van der Waals surface area contributed by atoms with Crippen molar-refractivity contribution in [2.75, 3.05) is 0 Å². The van der Waals surface area contributed by atoms with Crippen LogP contribution in [0, 0.1) is 6.92 Å². The van der Waals surface area contributed by atoms with Crippen LogP contribution < -0.4 is 0 Å². The summed E-state index contributed by atoms with van der Waals surface area (Å²) in [7, 11) is 0. The SMILES string of the molecule is Cc1ccnc(-c2cnoc2)c1CO. The third-order valence-corrected chi connectivity index (χ3v) is 2.15. The molecule has 0 atom stereocenters. The number of rotatable bonds is 2. The van der Waals surface area contributed by atoms with Crippen LogP contribution in [0.5, 0.6) is 0 Å². The molecule has 0 amide bonds. The zero-order valence-electron chi connectivity index (χ0n) is 7.77. The summed E-state index contributed by atoms with van der Waals surface area (Å²) in [6, 6.07) is 1.86. The standard InChI is InChI=1S/C10H10N2O2/c1-7-2-3-11-10(9(7)5-13)8-4-12-14-6-8/h2-4,6,13H,5H2,1H3. The average molecular weight is 190 g/mol. The van der Waals surface area contributed by atoms with E-state index in [1.54, 1.807) is 12.4 Å². The molecule has 0 radical (unpaired) electrons. The number of aromatic nitrogens is 2. The minimum absolute atomic E-state index is 0.0276. The molecule has 2 rings (SSSR count). The van der Waals surface area contributed by atoms with E-state index in [0.29, 0.717) is 0 Å². The molecule has 14 heavy (non-hydrogen) atoms. The van der Waals surface area contributed by atoms with Crippen molar-refractivity contribution in [1.82, 2.24) is 10.1 Å². The first-order chi connectivity index (χ1) is 6.83. The van der Waals surface area contributed by atoms with Crippen LogP contribution in [-0.2, 0) is 6.61 Å². The molecule has 2 heterocycles. The van der Waals surface area contributed by atoms with Gasteiger partial charge < -0.3 is 9.63 Å². The Morgan fingerprint density at radius 2 is 2.36 bits per heavy atom. The van der Waals surface area contributed by atoms with Gasteiger partial charge in [0.2, 0.25) is 0 Å². The maximum atomic E-state index is 9.21. The van der Waals surface area contributed by atoms with Gasteiger partial charge in [0.25, 0.3) is 0 Å². The molecule has 0 saturated heterocycles. The quantitative estimate of drug-likeness (QED) is 0.780. The summed E-state index contributed by atoms with van der Waals surface area (Å²) in [4.78, 5) is 4.19. The fourth-order valence-electron chi connectivity index (χ4n) is 1.36. The molecular weight excluding hydrogens is 180 g/mol. The predicted molar refractivity (Wildman–Crippen MR) is 50.4 cm³/mol. The Labute approximate surface area is 81.2 Å². The van der Waals surface area contributed by atoms with Crippen LogP contribution in [-0.4, -0.2) is 15.2 Å². The van der Waals surface area contributed by atoms with Crippen molar-refractivity contribution < 1.29 is 9.63 Å². The number of aliphatic hydroxyl groups is 1. The van der Waals surface area contributed by atoms with Crippen LogP contribution in [0.15, 0.2) is 29.2 Å². The highest BCUT2D eigenvalue weighted by Gasteiger charge is 2.09. The Hall–Kier alpha value is -1.68. The summed E-state index contributed by atoms with van der Waals surface area (Å²) < 4.78 is 4.74. The molecule has 0 spiro atoms. The van der Waals surface area contributed by atoms with Crippen molar-refractivity contribution in [2.24, 2.45) is 0 Å². The molecule has 0 fully saturated rings. The largest absolute Gasteiger partial charge is 0.392 e. The van der Waals surface area contributed by atoms with Gasteiger partial charge in [-0.3, -0.25) is 4.98 Å². The van der Waals surface area contributed by atoms with Crippen molar-refractivity contribution >= 4 is 0 Å². The third kappa shape index (κ3) is 1.40. The second kappa shape index (κ2) is 3.59. The molecule has 0 aromatic carbocycles. The first-order valence-corrected chi connectivity index (χ1v) is 4.28. The van der Waals surface area contributed by atoms with Crippen LogP contribution in [0.1, 0.15) is 11.1 Å². The highest BCUT2D eigenvalue weighted by molar-refractivity contribution is 5.62. The van der Waals surface area contributed by atoms with E-state index in [-0.39, 0.29) is 6.61 Å². The van der Waals surface area contributed by atoms with Crippen molar-refractivity contribution in [3.63, 3.8) is 0 Å². The number of aryl methyl sites for hydroxylation is 1. The fraction of sp³-hybridized carbons (Fsp3) is 0.200. The lowest BCUT2D eigenvalue weighted by Gasteiger charge is -2.06. The molecular formula is C10H10N2O2. The Balaban J connectivity index is 2.58. The van der Waals surface area contributed by atoms with E-state index in [0.717, 1.165) is 22.4 Å². The normalized spacial score (nSPS) is 10.4. The van der Waals surface area contributed by atoms with E-state index in [4.69, 9.17) is 4.52 Å². The van der Waals surface area contributed by atoms with Crippen molar-refractivity contribution in [1.29, 1.82) is 0 Å². The summed E-state index contributed by atoms with van der Waals surface area (Å²) in [6.07, 6.45) is 4.80. The molecule has 72 valence electrons. The molecule has 4 heteroatoms. The second-order valence-corrected chi connectivity index (χ2v) is 3.03. The van der Waals surface area contributed by atoms with E-state index >= 15 is 0 Å². The summed E-state index contributed by atoms with van der Waals surface area (Å²) >= 11 is 0. The smallest absolute Gasteiger partial charge is 0.133 e. The fourth-order valence-corrected chi connectivity index (χ4v) is 1.36. The van der Waals surface area contributed by atoms with Crippen LogP contribution in [0.3, 0.4) is 0 Å². The van der Waals surface area contributed by atoms with Gasteiger partial charge in [0, 0.05) is 11.8 Å². The van der Waals surface area contributed by atoms with Crippen LogP contribution >= 0.6 is 0 Å². The van der Waals surface area contributed by atoms with E-state index in [9.17, 15) is 5.11 Å². The number of pyridine rings is 1. The Morgan fingerprint density at radius 3 is 3.00 bits per heavy atom. The molecule has 0 aliphatic carbocycles. The van der Waals surface area contributed by atoms with Gasteiger partial charge in [-0.05, 0) is 18.6 Å². The van der Waals surface area contributed by atoms with Gasteiger partial charge in [-0.25, -0.2) is 0 Å². The summed E-state index contributed by atoms with van der Waals surface area (Å²) in [5, 5.41) is 12.8. The lowest BCUT2D eigenvalue weighted by molar-refractivity contribution is 0.281. The zero-order valence-corrected chi connectivity index (χ0v) is 7.77. The van der Waals surface area contributed by atoms with E-state index in [2.05, 4.69) is 10.1 Å². The van der Waals surface area contributed by atoms with Crippen LogP contribution in [0.25, 0.3) is 11.3 Å². The van der Waals surface area contributed by atoms with Gasteiger partial charge in [0.05, 0.1) is 24.1 Å². The number of aliphatic hydroxyl groups excluding tert-OH is 1. The van der Waals surface area contributed by atoms with Gasteiger partial charge in [-0.1, -0.05) is 5.16 Å². The Bertz CT molecular complexity index is 424. The van der Waals surface area contributed by atoms with Gasteiger partial charge in [-0.2, -0.15) is 0 Å². The van der Waals surface area contributed by atoms with Gasteiger partial charge in [0.1, 0.15) is 6.26 Å². The number of hydrogen-bond donors (Lipinski definition) is 1. The highest BCUT2D eigenvalue weighted by atomic mass is 16.5. The highest BCUT2D eigenvalue weighted by Crippen LogP contribution is 2.22. The molecule has 2 aromatic heterocycles. The predicted octanol–water partition coefficient (Wildman–Crippen LogP) is 1.54. The summed E-state index contributed by atoms with van der Waals surface area (Å²) in [5.41, 5.74) is 3.35. The average Bonchev–Trinajstić information content (AvgIpc) is 2.70. The minimum Gasteiger partial charge on any atom is -0.392 e. The van der Waals surface area contributed by atoms with Crippen LogP contribution in [0.2, 0.25) is 0 Å². The van der Waals surface area contributed by atoms with Crippen molar-refractivity contribution in [3.8, 4) is 11.3 Å². The van der Waals surface area contributed by atoms with E-state index in [1.807, 2.05) is 13.0 Å². The molecule has 0 saturated carbocycles. The van der Waals surface area contributed by atoms with E-state index < -0.39 is 0 Å². The topological polar surface area (TPSA) is 59.2 Å². The maximum Gasteiger partial charge on any atom is 0.133 e. The number of nitrogens with zero attached hydrogens (tertiary/aromatic N) is 2. The van der Waals surface area contributed by atoms with Crippen molar-refractivity contribution in [2.45, 2.75) is 13.5 Å². The molecule has 0 aliphatic rings. The first-order valence-electron chi connectivity index (χ1n) is 4.28. The molecule has 0 aliphatic heterocycles. The van der Waals surface area contributed by atoms with Crippen molar-refractivity contribution in [3.05, 3.63) is 35.9 Å². The summed E-state index contributed by atoms with van der Waals surface area (Å²) in [6.45, 7) is 1.91.